The summed E-state index contributed by atoms with van der Waals surface area (Å²) in [6, 6.07) is 0. The molecule has 0 bridgehead atoms. The molecule has 0 aromatic rings. The monoisotopic (exact) mass is 170 g/mol. The van der Waals surface area contributed by atoms with Gasteiger partial charge < -0.3 is 9.84 Å². The second-order valence-corrected chi connectivity index (χ2v) is 4.32. The minimum absolute atomic E-state index is 0.0381. The van der Waals surface area contributed by atoms with Crippen molar-refractivity contribution in [3.8, 4) is 0 Å². The predicted molar refractivity (Wildman–Crippen MR) is 46.8 cm³/mol. The summed E-state index contributed by atoms with van der Waals surface area (Å²) < 4.78 is 5.27. The van der Waals surface area contributed by atoms with Crippen molar-refractivity contribution in [2.24, 2.45) is 17.8 Å². The van der Waals surface area contributed by atoms with Gasteiger partial charge in [-0.25, -0.2) is 0 Å². The Morgan fingerprint density at radius 1 is 1.33 bits per heavy atom. The normalized spacial score (nSPS) is 39.5. The molecule has 1 saturated carbocycles. The van der Waals surface area contributed by atoms with Crippen LogP contribution in [0.25, 0.3) is 0 Å². The Hall–Kier alpha value is -0.0800. The summed E-state index contributed by atoms with van der Waals surface area (Å²) >= 11 is 0. The van der Waals surface area contributed by atoms with E-state index in [1.165, 1.54) is 6.42 Å². The van der Waals surface area contributed by atoms with Crippen LogP contribution in [0.15, 0.2) is 0 Å². The molecular weight excluding hydrogens is 152 g/mol. The molecule has 3 atom stereocenters. The number of hydrogen-bond donors (Lipinski definition) is 1. The zero-order valence-electron chi connectivity index (χ0n) is 7.70. The van der Waals surface area contributed by atoms with Gasteiger partial charge in [-0.05, 0) is 37.0 Å². The van der Waals surface area contributed by atoms with Crippen LogP contribution in [0.5, 0.6) is 0 Å². The zero-order chi connectivity index (χ0) is 8.55. The highest BCUT2D eigenvalue weighted by molar-refractivity contribution is 4.91. The number of rotatable bonds is 2. The molecule has 12 heavy (non-hydrogen) atoms. The highest BCUT2D eigenvalue weighted by Crippen LogP contribution is 2.44. The standard InChI is InChI=1S/C10H18O2/c1-7-6-9(7)10(11)8-2-4-12-5-3-8/h7-11H,2-6H2,1H3. The lowest BCUT2D eigenvalue weighted by molar-refractivity contribution is -0.00243. The molecule has 0 aromatic heterocycles. The van der Waals surface area contributed by atoms with E-state index in [9.17, 15) is 5.11 Å². The molecule has 2 nitrogen and oxygen atoms in total. The molecule has 1 heterocycles. The van der Waals surface area contributed by atoms with Crippen molar-refractivity contribution in [1.82, 2.24) is 0 Å². The molecule has 0 amide bonds. The van der Waals surface area contributed by atoms with Crippen molar-refractivity contribution in [3.63, 3.8) is 0 Å². The van der Waals surface area contributed by atoms with Crippen molar-refractivity contribution in [2.75, 3.05) is 13.2 Å². The number of hydrogen-bond acceptors (Lipinski definition) is 2. The third-order valence-electron chi connectivity index (χ3n) is 3.36. The van der Waals surface area contributed by atoms with Crippen LogP contribution in [0, 0.1) is 17.8 Å². The first-order valence-electron chi connectivity index (χ1n) is 5.05. The minimum Gasteiger partial charge on any atom is -0.393 e. The first-order valence-corrected chi connectivity index (χ1v) is 5.05. The largest absolute Gasteiger partial charge is 0.393 e. The molecule has 1 saturated heterocycles. The number of aliphatic hydroxyl groups is 1. The second-order valence-electron chi connectivity index (χ2n) is 4.32. The van der Waals surface area contributed by atoms with Crippen LogP contribution in [0.1, 0.15) is 26.2 Å². The maximum absolute atomic E-state index is 9.93. The molecular formula is C10H18O2. The molecule has 2 aliphatic rings. The van der Waals surface area contributed by atoms with E-state index >= 15 is 0 Å². The fourth-order valence-electron chi connectivity index (χ4n) is 2.23. The first-order chi connectivity index (χ1) is 5.79. The Morgan fingerprint density at radius 2 is 1.92 bits per heavy atom. The van der Waals surface area contributed by atoms with E-state index in [1.54, 1.807) is 0 Å². The fourth-order valence-corrected chi connectivity index (χ4v) is 2.23. The van der Waals surface area contributed by atoms with E-state index in [4.69, 9.17) is 4.74 Å². The average molecular weight is 170 g/mol. The Bertz CT molecular complexity index is 152. The van der Waals surface area contributed by atoms with Gasteiger partial charge in [-0.1, -0.05) is 6.92 Å². The van der Waals surface area contributed by atoms with Gasteiger partial charge in [-0.2, -0.15) is 0 Å². The summed E-state index contributed by atoms with van der Waals surface area (Å²) in [4.78, 5) is 0. The quantitative estimate of drug-likeness (QED) is 0.679. The third kappa shape index (κ3) is 1.64. The van der Waals surface area contributed by atoms with E-state index in [0.29, 0.717) is 11.8 Å². The Labute approximate surface area is 73.9 Å². The van der Waals surface area contributed by atoms with E-state index in [-0.39, 0.29) is 6.10 Å². The molecule has 0 spiro atoms. The van der Waals surface area contributed by atoms with Gasteiger partial charge in [-0.15, -0.1) is 0 Å². The van der Waals surface area contributed by atoms with E-state index in [1.807, 2.05) is 0 Å². The van der Waals surface area contributed by atoms with Crippen molar-refractivity contribution < 1.29 is 9.84 Å². The highest BCUT2D eigenvalue weighted by atomic mass is 16.5. The third-order valence-corrected chi connectivity index (χ3v) is 3.36. The smallest absolute Gasteiger partial charge is 0.0600 e. The summed E-state index contributed by atoms with van der Waals surface area (Å²) in [5.74, 6) is 1.89. The van der Waals surface area contributed by atoms with Gasteiger partial charge in [0.25, 0.3) is 0 Å². The van der Waals surface area contributed by atoms with Gasteiger partial charge in [0, 0.05) is 13.2 Å². The number of aliphatic hydroxyl groups excluding tert-OH is 1. The Kier molecular flexibility index (Phi) is 2.37. The molecule has 1 aliphatic carbocycles. The first kappa shape index (κ1) is 8.52. The van der Waals surface area contributed by atoms with E-state index in [0.717, 1.165) is 32.0 Å². The molecule has 2 fully saturated rings. The van der Waals surface area contributed by atoms with Gasteiger partial charge in [0.15, 0.2) is 0 Å². The van der Waals surface area contributed by atoms with Crippen LogP contribution in [0.3, 0.4) is 0 Å². The van der Waals surface area contributed by atoms with Crippen molar-refractivity contribution in [1.29, 1.82) is 0 Å². The van der Waals surface area contributed by atoms with Crippen LogP contribution in [-0.4, -0.2) is 24.4 Å². The Morgan fingerprint density at radius 3 is 2.42 bits per heavy atom. The molecule has 1 aliphatic heterocycles. The van der Waals surface area contributed by atoms with Gasteiger partial charge in [-0.3, -0.25) is 0 Å². The topological polar surface area (TPSA) is 29.5 Å². The number of ether oxygens (including phenoxy) is 1. The van der Waals surface area contributed by atoms with Gasteiger partial charge in [0.2, 0.25) is 0 Å². The van der Waals surface area contributed by atoms with Crippen LogP contribution in [-0.2, 0) is 4.74 Å². The summed E-state index contributed by atoms with van der Waals surface area (Å²) in [6.45, 7) is 3.93. The average Bonchev–Trinajstić information content (AvgIpc) is 2.83. The van der Waals surface area contributed by atoms with Crippen molar-refractivity contribution in [2.45, 2.75) is 32.3 Å². The summed E-state index contributed by atoms with van der Waals surface area (Å²) in [5.41, 5.74) is 0. The molecule has 2 heteroatoms. The summed E-state index contributed by atoms with van der Waals surface area (Å²) in [7, 11) is 0. The van der Waals surface area contributed by atoms with Crippen molar-refractivity contribution >= 4 is 0 Å². The molecule has 70 valence electrons. The fraction of sp³-hybridized carbons (Fsp3) is 1.00. The maximum Gasteiger partial charge on any atom is 0.0600 e. The second kappa shape index (κ2) is 3.35. The van der Waals surface area contributed by atoms with Crippen LogP contribution < -0.4 is 0 Å². The van der Waals surface area contributed by atoms with Crippen molar-refractivity contribution in [3.05, 3.63) is 0 Å². The lowest BCUT2D eigenvalue weighted by atomic mass is 9.90. The molecule has 2 rings (SSSR count). The maximum atomic E-state index is 9.93. The summed E-state index contributed by atoms with van der Waals surface area (Å²) in [5, 5.41) is 9.93. The predicted octanol–water partition coefficient (Wildman–Crippen LogP) is 1.43. The van der Waals surface area contributed by atoms with Gasteiger partial charge in [0.05, 0.1) is 6.10 Å². The zero-order valence-corrected chi connectivity index (χ0v) is 7.70. The van der Waals surface area contributed by atoms with Crippen LogP contribution in [0.2, 0.25) is 0 Å². The van der Waals surface area contributed by atoms with Gasteiger partial charge in [0.1, 0.15) is 0 Å². The minimum atomic E-state index is -0.0381. The Balaban J connectivity index is 1.82. The van der Waals surface area contributed by atoms with E-state index in [2.05, 4.69) is 6.92 Å². The lowest BCUT2D eigenvalue weighted by Gasteiger charge is -2.26. The molecule has 3 unspecified atom stereocenters. The van der Waals surface area contributed by atoms with Crippen LogP contribution >= 0.6 is 0 Å². The molecule has 0 radical (unpaired) electrons. The van der Waals surface area contributed by atoms with Crippen LogP contribution in [0.4, 0.5) is 0 Å². The molecule has 0 aromatic carbocycles. The lowest BCUT2D eigenvalue weighted by Crippen LogP contribution is -2.29. The highest BCUT2D eigenvalue weighted by Gasteiger charge is 2.42. The van der Waals surface area contributed by atoms with E-state index < -0.39 is 0 Å². The van der Waals surface area contributed by atoms with Gasteiger partial charge >= 0.3 is 0 Å². The summed E-state index contributed by atoms with van der Waals surface area (Å²) in [6.07, 6.45) is 3.32. The SMILES string of the molecule is CC1CC1C(O)C1CCOCC1. The molecule has 1 N–H and O–H groups in total.